The number of nitrogens with zero attached hydrogens (tertiary/aromatic N) is 1. The molecule has 0 amide bonds. The van der Waals surface area contributed by atoms with E-state index in [9.17, 15) is 9.90 Å². The van der Waals surface area contributed by atoms with Crippen molar-refractivity contribution in [2.75, 3.05) is 6.61 Å². The van der Waals surface area contributed by atoms with Gasteiger partial charge in [-0.15, -0.1) is 0 Å². The van der Waals surface area contributed by atoms with E-state index in [0.29, 0.717) is 24.4 Å². The number of hydrogen-bond donors (Lipinski definition) is 0. The first-order valence-corrected chi connectivity index (χ1v) is 5.04. The van der Waals surface area contributed by atoms with Crippen LogP contribution in [0.3, 0.4) is 0 Å². The number of aromatic nitrogens is 1. The van der Waals surface area contributed by atoms with Crippen molar-refractivity contribution in [3.63, 3.8) is 0 Å². The number of ether oxygens (including phenoxy) is 1. The van der Waals surface area contributed by atoms with Gasteiger partial charge in [0.05, 0.1) is 12.6 Å². The fourth-order valence-corrected chi connectivity index (χ4v) is 1.69. The van der Waals surface area contributed by atoms with Crippen molar-refractivity contribution in [1.82, 2.24) is 5.16 Å². The number of carbonyl (C=O) groups is 1. The molecule has 0 unspecified atom stereocenters. The maximum Gasteiger partial charge on any atom is 1.00 e. The zero-order valence-electron chi connectivity index (χ0n) is 10.1. The van der Waals surface area contributed by atoms with Crippen LogP contribution < -0.4 is 56.5 Å². The molecule has 1 aromatic heterocycles. The molecule has 0 N–H and O–H groups in total. The predicted molar refractivity (Wildman–Crippen MR) is 52.6 cm³/mol. The van der Waals surface area contributed by atoms with E-state index in [2.05, 4.69) is 11.2 Å². The summed E-state index contributed by atoms with van der Waals surface area (Å²) in [4.78, 5) is 10.7. The summed E-state index contributed by atoms with van der Waals surface area (Å²) < 4.78 is 10.5. The zero-order chi connectivity index (χ0) is 11.7. The Morgan fingerprint density at radius 1 is 1.53 bits per heavy atom. The molecule has 6 heteroatoms. The van der Waals surface area contributed by atoms with Crippen molar-refractivity contribution in [3.05, 3.63) is 28.7 Å². The van der Waals surface area contributed by atoms with Gasteiger partial charge < -0.3 is 19.2 Å². The molecule has 1 aliphatic rings. The van der Waals surface area contributed by atoms with Gasteiger partial charge in [0.15, 0.2) is 5.76 Å². The molecule has 86 valence electrons. The second kappa shape index (κ2) is 6.26. The summed E-state index contributed by atoms with van der Waals surface area (Å²) in [6.07, 6.45) is 2.48. The molecule has 1 atom stereocenters. The average Bonchev–Trinajstić information content (AvgIpc) is 2.61. The van der Waals surface area contributed by atoms with Crippen molar-refractivity contribution in [3.8, 4) is 0 Å². The minimum absolute atomic E-state index is 0. The summed E-state index contributed by atoms with van der Waals surface area (Å²) in [5.74, 6) is -0.849. The van der Waals surface area contributed by atoms with Crippen LogP contribution in [-0.4, -0.2) is 17.7 Å². The monoisotopic (exact) mass is 261 g/mol. The fourth-order valence-electron chi connectivity index (χ4n) is 1.69. The predicted octanol–water partition coefficient (Wildman–Crippen LogP) is -2.24. The van der Waals surface area contributed by atoms with E-state index in [1.807, 2.05) is 6.92 Å². The Morgan fingerprint density at radius 3 is 2.71 bits per heavy atom. The third kappa shape index (κ3) is 3.27. The number of carboxylic acid groups (broad SMARTS) is 1. The van der Waals surface area contributed by atoms with Crippen molar-refractivity contribution < 1.29 is 70.5 Å². The number of carbonyl (C=O) groups excluding carboxylic acids is 1. The summed E-state index contributed by atoms with van der Waals surface area (Å²) in [6.45, 7) is 4.16. The molecule has 1 aliphatic heterocycles. The molecule has 0 fully saturated rings. The maximum atomic E-state index is 10.7. The molecule has 17 heavy (non-hydrogen) atoms. The first kappa shape index (κ1) is 15.1. The molecule has 0 spiro atoms. The topological polar surface area (TPSA) is 75.4 Å². The van der Waals surface area contributed by atoms with Crippen molar-refractivity contribution in [2.45, 2.75) is 26.4 Å². The molecule has 5 nitrogen and oxygen atoms in total. The van der Waals surface area contributed by atoms with Gasteiger partial charge in [-0.05, 0) is 20.3 Å². The summed E-state index contributed by atoms with van der Waals surface area (Å²) in [5, 5.41) is 14.2. The van der Waals surface area contributed by atoms with Crippen LogP contribution in [0.4, 0.5) is 0 Å². The van der Waals surface area contributed by atoms with E-state index in [4.69, 9.17) is 9.26 Å². The van der Waals surface area contributed by atoms with Gasteiger partial charge in [0.2, 0.25) is 0 Å². The Labute approximate surface area is 142 Å². The van der Waals surface area contributed by atoms with Gasteiger partial charge in [0.1, 0.15) is 11.8 Å². The van der Waals surface area contributed by atoms with Crippen LogP contribution in [0.5, 0.6) is 0 Å². The molecular formula is C11H12KNO4. The van der Waals surface area contributed by atoms with Crippen molar-refractivity contribution in [2.24, 2.45) is 0 Å². The Balaban J connectivity index is 0.00000144. The van der Waals surface area contributed by atoms with Crippen LogP contribution in [0, 0.1) is 6.92 Å². The summed E-state index contributed by atoms with van der Waals surface area (Å²) >= 11 is 0. The van der Waals surface area contributed by atoms with Gasteiger partial charge in [-0.2, -0.15) is 0 Å². The second-order valence-corrected chi connectivity index (χ2v) is 3.89. The first-order chi connectivity index (χ1) is 7.59. The summed E-state index contributed by atoms with van der Waals surface area (Å²) in [6, 6.07) is 0. The van der Waals surface area contributed by atoms with Gasteiger partial charge in [0.25, 0.3) is 0 Å². The largest absolute Gasteiger partial charge is 1.00 e. The van der Waals surface area contributed by atoms with Crippen LogP contribution in [0.15, 0.2) is 16.2 Å². The summed E-state index contributed by atoms with van der Waals surface area (Å²) in [5.41, 5.74) is 1.50. The van der Waals surface area contributed by atoms with Crippen molar-refractivity contribution in [1.29, 1.82) is 0 Å². The summed E-state index contributed by atoms with van der Waals surface area (Å²) in [7, 11) is 0. The van der Waals surface area contributed by atoms with E-state index in [1.165, 1.54) is 0 Å². The van der Waals surface area contributed by atoms with Crippen LogP contribution in [-0.2, 0) is 4.74 Å². The van der Waals surface area contributed by atoms with Crippen LogP contribution >= 0.6 is 0 Å². The van der Waals surface area contributed by atoms with E-state index >= 15 is 0 Å². The standard InChI is InChI=1S/C11H13NO4.K/c1-6-3-4-8(15-5-6)10-7(2)9(11(13)14)12-16-10;/h3,8H,4-5H2,1-2H3,(H,13,14);/q;+1/p-1/t8-;/m1./s1. The maximum absolute atomic E-state index is 10.7. The van der Waals surface area contributed by atoms with E-state index < -0.39 is 5.97 Å². The SMILES string of the molecule is CC1=CC[C@H](c2onc(C(=O)[O-])c2C)OC1.[K+]. The molecule has 0 aliphatic carbocycles. The third-order valence-corrected chi connectivity index (χ3v) is 2.64. The molecular weight excluding hydrogens is 249 g/mol. The van der Waals surface area contributed by atoms with Crippen LogP contribution in [0.25, 0.3) is 0 Å². The van der Waals surface area contributed by atoms with Gasteiger partial charge in [-0.1, -0.05) is 16.8 Å². The molecule has 0 radical (unpaired) electrons. The third-order valence-electron chi connectivity index (χ3n) is 2.64. The Bertz CT molecular complexity index is 452. The zero-order valence-corrected chi connectivity index (χ0v) is 13.3. The minimum Gasteiger partial charge on any atom is -0.543 e. The van der Waals surface area contributed by atoms with Crippen LogP contribution in [0.2, 0.25) is 0 Å². The van der Waals surface area contributed by atoms with E-state index in [1.54, 1.807) is 6.92 Å². The second-order valence-electron chi connectivity index (χ2n) is 3.89. The smallest absolute Gasteiger partial charge is 0.543 e. The molecule has 0 saturated carbocycles. The van der Waals surface area contributed by atoms with E-state index in [-0.39, 0.29) is 63.2 Å². The first-order valence-electron chi connectivity index (χ1n) is 5.04. The molecule has 1 aromatic rings. The molecule has 2 rings (SSSR count). The number of rotatable bonds is 2. The van der Waals surface area contributed by atoms with Gasteiger partial charge in [-0.25, -0.2) is 0 Å². The van der Waals surface area contributed by atoms with Gasteiger partial charge in [0, 0.05) is 5.56 Å². The molecule has 0 saturated heterocycles. The van der Waals surface area contributed by atoms with Gasteiger partial charge >= 0.3 is 51.4 Å². The molecule has 0 bridgehead atoms. The van der Waals surface area contributed by atoms with Crippen LogP contribution in [0.1, 0.15) is 41.3 Å². The van der Waals surface area contributed by atoms with E-state index in [0.717, 1.165) is 5.57 Å². The quantitative estimate of drug-likeness (QED) is 0.444. The number of hydrogen-bond acceptors (Lipinski definition) is 5. The Kier molecular flexibility index (Phi) is 5.55. The average molecular weight is 261 g/mol. The molecule has 0 aromatic carbocycles. The minimum atomic E-state index is -1.32. The van der Waals surface area contributed by atoms with Gasteiger partial charge in [-0.3, -0.25) is 0 Å². The molecule has 2 heterocycles. The number of carboxylic acids is 1. The van der Waals surface area contributed by atoms with Crippen molar-refractivity contribution >= 4 is 5.97 Å². The normalized spacial score (nSPS) is 19.4. The Hall–Kier alpha value is 0.0164. The Morgan fingerprint density at radius 2 is 2.24 bits per heavy atom. The number of aromatic carboxylic acids is 1. The fraction of sp³-hybridized carbons (Fsp3) is 0.455.